The molecule has 2 N–H and O–H groups in total. The van der Waals surface area contributed by atoms with Crippen LogP contribution in [0.3, 0.4) is 0 Å². The van der Waals surface area contributed by atoms with Crippen LogP contribution in [0.5, 0.6) is 0 Å². The van der Waals surface area contributed by atoms with Gasteiger partial charge in [-0.3, -0.25) is 19.7 Å². The minimum Gasteiger partial charge on any atom is -0.321 e. The summed E-state index contributed by atoms with van der Waals surface area (Å²) in [5.74, 6) is -0.948. The van der Waals surface area contributed by atoms with Crippen molar-refractivity contribution in [2.45, 2.75) is 0 Å². The Morgan fingerprint density at radius 3 is 2.43 bits per heavy atom. The van der Waals surface area contributed by atoms with Crippen molar-refractivity contribution in [1.29, 1.82) is 0 Å². The van der Waals surface area contributed by atoms with Crippen LogP contribution in [0.4, 0.5) is 11.4 Å². The van der Waals surface area contributed by atoms with Gasteiger partial charge in [0.2, 0.25) is 0 Å². The van der Waals surface area contributed by atoms with Gasteiger partial charge < -0.3 is 5.32 Å². The molecule has 0 saturated carbocycles. The van der Waals surface area contributed by atoms with Crippen LogP contribution in [0.15, 0.2) is 77.9 Å². The van der Waals surface area contributed by atoms with E-state index in [1.165, 1.54) is 30.5 Å². The lowest BCUT2D eigenvalue weighted by atomic mass is 10.1. The van der Waals surface area contributed by atoms with E-state index in [2.05, 4.69) is 15.8 Å². The summed E-state index contributed by atoms with van der Waals surface area (Å²) < 4.78 is 0. The van der Waals surface area contributed by atoms with E-state index in [9.17, 15) is 19.7 Å². The smallest absolute Gasteiger partial charge is 0.273 e. The molecule has 0 radical (unpaired) electrons. The molecule has 0 aliphatic heterocycles. The molecule has 0 aliphatic rings. The number of hydrogen-bond acceptors (Lipinski definition) is 5. The number of rotatable bonds is 6. The van der Waals surface area contributed by atoms with Crippen molar-refractivity contribution in [3.05, 3.63) is 105 Å². The summed E-state index contributed by atoms with van der Waals surface area (Å²) in [6, 6.07) is 18.6. The maximum absolute atomic E-state index is 12.5. The fourth-order valence-corrected chi connectivity index (χ4v) is 2.66. The first kappa shape index (κ1) is 20.7. The lowest BCUT2D eigenvalue weighted by Gasteiger charge is -2.10. The molecule has 150 valence electrons. The summed E-state index contributed by atoms with van der Waals surface area (Å²) in [4.78, 5) is 35.2. The van der Waals surface area contributed by atoms with Crippen molar-refractivity contribution in [3.8, 4) is 0 Å². The number of nitro groups is 1. The number of para-hydroxylation sites is 1. The van der Waals surface area contributed by atoms with Gasteiger partial charge in [0.15, 0.2) is 0 Å². The van der Waals surface area contributed by atoms with Gasteiger partial charge in [-0.15, -0.1) is 0 Å². The molecule has 0 saturated heterocycles. The van der Waals surface area contributed by atoms with Crippen molar-refractivity contribution >= 4 is 41.0 Å². The Labute approximate surface area is 176 Å². The molecule has 9 heteroatoms. The first-order chi connectivity index (χ1) is 14.4. The summed E-state index contributed by atoms with van der Waals surface area (Å²) >= 11 is 5.83. The Morgan fingerprint density at radius 1 is 0.967 bits per heavy atom. The summed E-state index contributed by atoms with van der Waals surface area (Å²) in [5, 5.41) is 17.8. The standard InChI is InChI=1S/C21H15ClN4O4/c22-16-10-8-15(9-11-16)20(27)24-19-7-2-1-6-18(19)21(28)25-23-13-14-4-3-5-17(12-14)26(29)30/h1-13H,(H,24,27)(H,25,28)/b23-13+. The molecule has 3 aromatic rings. The molecule has 0 heterocycles. The molecule has 0 aliphatic carbocycles. The normalized spacial score (nSPS) is 10.6. The lowest BCUT2D eigenvalue weighted by Crippen LogP contribution is -2.21. The fourth-order valence-electron chi connectivity index (χ4n) is 2.53. The Morgan fingerprint density at radius 2 is 1.70 bits per heavy atom. The predicted octanol–water partition coefficient (Wildman–Crippen LogP) is 4.26. The second-order valence-electron chi connectivity index (χ2n) is 6.06. The molecular formula is C21H15ClN4O4. The van der Waals surface area contributed by atoms with Crippen molar-refractivity contribution in [3.63, 3.8) is 0 Å². The van der Waals surface area contributed by atoms with Crippen molar-refractivity contribution in [2.24, 2.45) is 5.10 Å². The van der Waals surface area contributed by atoms with Gasteiger partial charge in [0.1, 0.15) is 0 Å². The number of carbonyl (C=O) groups excluding carboxylic acids is 2. The lowest BCUT2D eigenvalue weighted by molar-refractivity contribution is -0.384. The molecular weight excluding hydrogens is 408 g/mol. The van der Waals surface area contributed by atoms with E-state index < -0.39 is 16.7 Å². The molecule has 0 aromatic heterocycles. The predicted molar refractivity (Wildman–Crippen MR) is 114 cm³/mol. The minimum absolute atomic E-state index is 0.0828. The summed E-state index contributed by atoms with van der Waals surface area (Å²) in [6.45, 7) is 0. The minimum atomic E-state index is -0.552. The third kappa shape index (κ3) is 5.27. The number of nitrogens with zero attached hydrogens (tertiary/aromatic N) is 2. The van der Waals surface area contributed by atoms with Crippen LogP contribution >= 0.6 is 11.6 Å². The van der Waals surface area contributed by atoms with Crippen LogP contribution < -0.4 is 10.7 Å². The fraction of sp³-hybridized carbons (Fsp3) is 0. The second-order valence-corrected chi connectivity index (χ2v) is 6.49. The summed E-state index contributed by atoms with van der Waals surface area (Å²) in [5.41, 5.74) is 3.62. The maximum Gasteiger partial charge on any atom is 0.273 e. The highest BCUT2D eigenvalue weighted by Gasteiger charge is 2.14. The third-order valence-electron chi connectivity index (χ3n) is 3.99. The van der Waals surface area contributed by atoms with Gasteiger partial charge in [0, 0.05) is 28.3 Å². The van der Waals surface area contributed by atoms with Gasteiger partial charge in [-0.05, 0) is 36.4 Å². The molecule has 30 heavy (non-hydrogen) atoms. The highest BCUT2D eigenvalue weighted by atomic mass is 35.5. The molecule has 3 aromatic carbocycles. The van der Waals surface area contributed by atoms with Gasteiger partial charge in [-0.2, -0.15) is 5.10 Å². The molecule has 0 atom stereocenters. The SMILES string of the molecule is O=C(Nc1ccccc1C(=O)N/N=C/c1cccc([N+](=O)[O-])c1)c1ccc(Cl)cc1. The zero-order valence-corrected chi connectivity index (χ0v) is 16.2. The van der Waals surface area contributed by atoms with E-state index in [4.69, 9.17) is 11.6 Å². The number of anilines is 1. The van der Waals surface area contributed by atoms with E-state index in [0.717, 1.165) is 0 Å². The number of non-ortho nitro benzene ring substituents is 1. The van der Waals surface area contributed by atoms with Gasteiger partial charge in [-0.1, -0.05) is 35.9 Å². The van der Waals surface area contributed by atoms with Crippen LogP contribution in [0.25, 0.3) is 0 Å². The monoisotopic (exact) mass is 422 g/mol. The number of nitro benzene ring substituents is 1. The van der Waals surface area contributed by atoms with E-state index in [1.807, 2.05) is 0 Å². The van der Waals surface area contributed by atoms with Crippen molar-refractivity contribution in [1.82, 2.24) is 5.43 Å². The van der Waals surface area contributed by atoms with E-state index in [1.54, 1.807) is 48.5 Å². The number of benzene rings is 3. The van der Waals surface area contributed by atoms with E-state index in [0.29, 0.717) is 21.8 Å². The molecule has 2 amide bonds. The quantitative estimate of drug-likeness (QED) is 0.351. The topological polar surface area (TPSA) is 114 Å². The van der Waals surface area contributed by atoms with Crippen LogP contribution in [0, 0.1) is 10.1 Å². The van der Waals surface area contributed by atoms with E-state index in [-0.39, 0.29) is 11.3 Å². The number of halogens is 1. The Balaban J connectivity index is 1.71. The largest absolute Gasteiger partial charge is 0.321 e. The summed E-state index contributed by atoms with van der Waals surface area (Å²) in [7, 11) is 0. The highest BCUT2D eigenvalue weighted by Crippen LogP contribution is 2.17. The van der Waals surface area contributed by atoms with E-state index >= 15 is 0 Å². The van der Waals surface area contributed by atoms with Crippen molar-refractivity contribution < 1.29 is 14.5 Å². The summed E-state index contributed by atoms with van der Waals surface area (Å²) in [6.07, 6.45) is 1.29. The molecule has 0 unspecified atom stereocenters. The van der Waals surface area contributed by atoms with Crippen molar-refractivity contribution in [2.75, 3.05) is 5.32 Å². The Hall–Kier alpha value is -4.04. The zero-order chi connectivity index (χ0) is 21.5. The van der Waals surface area contributed by atoms with Crippen LogP contribution in [-0.2, 0) is 0 Å². The first-order valence-electron chi connectivity index (χ1n) is 8.68. The number of carbonyl (C=O) groups is 2. The van der Waals surface area contributed by atoms with Crippen LogP contribution in [0.1, 0.15) is 26.3 Å². The average molecular weight is 423 g/mol. The van der Waals surface area contributed by atoms with Gasteiger partial charge in [0.25, 0.3) is 17.5 Å². The second kappa shape index (κ2) is 9.44. The average Bonchev–Trinajstić information content (AvgIpc) is 2.74. The Kier molecular flexibility index (Phi) is 6.51. The van der Waals surface area contributed by atoms with Crippen LogP contribution in [-0.4, -0.2) is 23.0 Å². The van der Waals surface area contributed by atoms with Crippen LogP contribution in [0.2, 0.25) is 5.02 Å². The van der Waals surface area contributed by atoms with Gasteiger partial charge in [0.05, 0.1) is 22.4 Å². The number of nitrogens with one attached hydrogen (secondary N) is 2. The number of hydrogen-bond donors (Lipinski definition) is 2. The molecule has 0 spiro atoms. The molecule has 3 rings (SSSR count). The zero-order valence-electron chi connectivity index (χ0n) is 15.4. The maximum atomic E-state index is 12.5. The molecule has 8 nitrogen and oxygen atoms in total. The first-order valence-corrected chi connectivity index (χ1v) is 9.05. The Bertz CT molecular complexity index is 1130. The number of hydrazone groups is 1. The third-order valence-corrected chi connectivity index (χ3v) is 4.24. The van der Waals surface area contributed by atoms with Gasteiger partial charge >= 0.3 is 0 Å². The van der Waals surface area contributed by atoms with Gasteiger partial charge in [-0.25, -0.2) is 5.43 Å². The highest BCUT2D eigenvalue weighted by molar-refractivity contribution is 6.30. The molecule has 0 bridgehead atoms. The number of amides is 2. The molecule has 0 fully saturated rings.